The first-order valence-corrected chi connectivity index (χ1v) is 18.4. The molecule has 2 radical (unpaired) electrons. The number of unbranched alkanes of at least 4 members (excludes halogenated alkanes) is 20. The van der Waals surface area contributed by atoms with E-state index < -0.39 is 0 Å². The molecule has 0 unspecified atom stereocenters. The smallest absolute Gasteiger partial charge is 0.409 e. The Hall–Kier alpha value is 0.571. The average molecular weight is 487 g/mol. The maximum absolute atomic E-state index is 5.81. The van der Waals surface area contributed by atoms with Crippen LogP contribution >= 0.6 is 0 Å². The summed E-state index contributed by atoms with van der Waals surface area (Å²) in [6.45, 7) is 4.59. The quantitative estimate of drug-likeness (QED) is 0.0819. The average Bonchev–Trinajstić information content (AvgIpc) is 2.78. The van der Waals surface area contributed by atoms with Gasteiger partial charge in [0.1, 0.15) is 19.5 Å². The predicted molar refractivity (Wildman–Crippen MR) is 148 cm³/mol. The lowest BCUT2D eigenvalue weighted by Crippen LogP contribution is -2.10. The standard InChI is InChI=1S/C26H58O2Si3/c1-3-5-7-9-11-13-15-17-19-21-23-25-29-27-31-28-30-26-24-22-20-18-16-14-12-10-8-6-4-2/h3-26,29-30H2,1-2H3. The summed E-state index contributed by atoms with van der Waals surface area (Å²) in [4.78, 5) is 0. The highest BCUT2D eigenvalue weighted by atomic mass is 28.4. The summed E-state index contributed by atoms with van der Waals surface area (Å²) in [6.07, 6.45) is 31.6. The topological polar surface area (TPSA) is 18.5 Å². The summed E-state index contributed by atoms with van der Waals surface area (Å²) < 4.78 is 11.6. The first kappa shape index (κ1) is 31.6. The van der Waals surface area contributed by atoms with Crippen molar-refractivity contribution in [2.45, 2.75) is 167 Å². The SMILES string of the molecule is CCCCCCCCCCCCC[SiH2]O[Si]O[SiH2]CCCCCCCCCCCCC. The summed E-state index contributed by atoms with van der Waals surface area (Å²) in [6, 6.07) is 2.71. The van der Waals surface area contributed by atoms with E-state index in [2.05, 4.69) is 13.8 Å². The largest absolute Gasteiger partial charge is 0.440 e. The van der Waals surface area contributed by atoms with Crippen molar-refractivity contribution in [2.24, 2.45) is 0 Å². The van der Waals surface area contributed by atoms with Crippen molar-refractivity contribution in [3.63, 3.8) is 0 Å². The van der Waals surface area contributed by atoms with Gasteiger partial charge in [0.2, 0.25) is 0 Å². The lowest BCUT2D eigenvalue weighted by molar-refractivity contribution is 0.485. The first-order valence-electron chi connectivity index (χ1n) is 14.4. The van der Waals surface area contributed by atoms with E-state index in [4.69, 9.17) is 8.23 Å². The van der Waals surface area contributed by atoms with Crippen LogP contribution in [0.2, 0.25) is 12.1 Å². The molecule has 186 valence electrons. The van der Waals surface area contributed by atoms with Gasteiger partial charge in [0, 0.05) is 0 Å². The zero-order valence-electron chi connectivity index (χ0n) is 21.7. The van der Waals surface area contributed by atoms with Crippen LogP contribution in [0.25, 0.3) is 0 Å². The molecule has 0 N–H and O–H groups in total. The van der Waals surface area contributed by atoms with E-state index in [1.165, 1.54) is 153 Å². The molecule has 0 saturated carbocycles. The maximum Gasteiger partial charge on any atom is 0.409 e. The van der Waals surface area contributed by atoms with E-state index in [0.717, 1.165) is 0 Å². The van der Waals surface area contributed by atoms with E-state index in [1.807, 2.05) is 0 Å². The van der Waals surface area contributed by atoms with E-state index in [9.17, 15) is 0 Å². The van der Waals surface area contributed by atoms with Crippen LogP contribution in [0.3, 0.4) is 0 Å². The Balaban J connectivity index is 2.98. The van der Waals surface area contributed by atoms with Gasteiger partial charge >= 0.3 is 10.0 Å². The van der Waals surface area contributed by atoms with Crippen LogP contribution in [-0.2, 0) is 8.23 Å². The molecule has 0 aliphatic carbocycles. The molecular weight excluding hydrogens is 429 g/mol. The summed E-state index contributed by atoms with van der Waals surface area (Å²) in [5.74, 6) is 0. The van der Waals surface area contributed by atoms with Gasteiger partial charge in [0.15, 0.2) is 0 Å². The molecule has 0 aliphatic heterocycles. The van der Waals surface area contributed by atoms with Crippen molar-refractivity contribution < 1.29 is 8.23 Å². The third kappa shape index (κ3) is 30.6. The Kier molecular flexibility index (Phi) is 31.1. The van der Waals surface area contributed by atoms with Crippen LogP contribution < -0.4 is 0 Å². The molecule has 0 heterocycles. The molecule has 0 spiro atoms. The third-order valence-corrected chi connectivity index (χ3v) is 10.5. The van der Waals surface area contributed by atoms with Gasteiger partial charge in [0.05, 0.1) is 0 Å². The molecule has 0 saturated heterocycles. The van der Waals surface area contributed by atoms with Gasteiger partial charge in [-0.3, -0.25) is 0 Å². The molecule has 0 aliphatic rings. The van der Waals surface area contributed by atoms with Crippen molar-refractivity contribution in [3.05, 3.63) is 0 Å². The molecule has 0 bridgehead atoms. The number of hydrogen-bond donors (Lipinski definition) is 0. The van der Waals surface area contributed by atoms with Crippen molar-refractivity contribution in [1.82, 2.24) is 0 Å². The fourth-order valence-electron chi connectivity index (χ4n) is 4.16. The Labute approximate surface area is 204 Å². The Morgan fingerprint density at radius 3 is 0.935 bits per heavy atom. The van der Waals surface area contributed by atoms with E-state index in [0.29, 0.717) is 10.0 Å². The molecule has 5 heteroatoms. The molecule has 0 aromatic rings. The number of rotatable bonds is 28. The molecule has 0 rings (SSSR count). The highest BCUT2D eigenvalue weighted by Crippen LogP contribution is 2.13. The highest BCUT2D eigenvalue weighted by Gasteiger charge is 1.98. The van der Waals surface area contributed by atoms with Gasteiger partial charge in [0.25, 0.3) is 0 Å². The molecule has 0 fully saturated rings. The molecule has 31 heavy (non-hydrogen) atoms. The van der Waals surface area contributed by atoms with Crippen LogP contribution in [-0.4, -0.2) is 29.5 Å². The predicted octanol–water partition coefficient (Wildman–Crippen LogP) is 8.18. The molecule has 0 aromatic carbocycles. The second kappa shape index (κ2) is 30.6. The summed E-state index contributed by atoms with van der Waals surface area (Å²) >= 11 is 0. The van der Waals surface area contributed by atoms with Crippen molar-refractivity contribution in [1.29, 1.82) is 0 Å². The van der Waals surface area contributed by atoms with Crippen LogP contribution in [0.5, 0.6) is 0 Å². The van der Waals surface area contributed by atoms with Crippen LogP contribution in [0.4, 0.5) is 0 Å². The molecule has 2 nitrogen and oxygen atoms in total. The molecular formula is C26H58O2Si3. The van der Waals surface area contributed by atoms with Gasteiger partial charge in [-0.1, -0.05) is 155 Å². The van der Waals surface area contributed by atoms with Crippen molar-refractivity contribution in [2.75, 3.05) is 0 Å². The summed E-state index contributed by atoms with van der Waals surface area (Å²) in [5, 5.41) is 0. The second-order valence-electron chi connectivity index (χ2n) is 9.56. The zero-order valence-corrected chi connectivity index (χ0v) is 25.5. The Morgan fingerprint density at radius 1 is 0.387 bits per heavy atom. The molecule has 0 atom stereocenters. The van der Waals surface area contributed by atoms with Gasteiger partial charge in [-0.25, -0.2) is 0 Å². The monoisotopic (exact) mass is 486 g/mol. The van der Waals surface area contributed by atoms with Gasteiger partial charge in [-0.05, 0) is 12.1 Å². The lowest BCUT2D eigenvalue weighted by Gasteiger charge is -2.05. The summed E-state index contributed by atoms with van der Waals surface area (Å²) in [5.41, 5.74) is 0. The zero-order chi connectivity index (χ0) is 22.5. The number of hydrogen-bond acceptors (Lipinski definition) is 2. The fourth-order valence-corrected chi connectivity index (χ4v) is 8.18. The minimum absolute atomic E-state index is 0.298. The highest BCUT2D eigenvalue weighted by molar-refractivity contribution is 6.45. The third-order valence-electron chi connectivity index (χ3n) is 6.32. The van der Waals surface area contributed by atoms with Gasteiger partial charge in [-0.2, -0.15) is 0 Å². The molecule has 0 amide bonds. The Morgan fingerprint density at radius 2 is 0.645 bits per heavy atom. The van der Waals surface area contributed by atoms with Crippen LogP contribution in [0.15, 0.2) is 0 Å². The van der Waals surface area contributed by atoms with Crippen LogP contribution in [0, 0.1) is 0 Å². The maximum atomic E-state index is 5.81. The Bertz CT molecular complexity index is 278. The van der Waals surface area contributed by atoms with E-state index >= 15 is 0 Å². The van der Waals surface area contributed by atoms with Gasteiger partial charge < -0.3 is 8.23 Å². The lowest BCUT2D eigenvalue weighted by atomic mass is 10.1. The normalized spacial score (nSPS) is 12.2. The van der Waals surface area contributed by atoms with Gasteiger partial charge in [-0.15, -0.1) is 0 Å². The van der Waals surface area contributed by atoms with Crippen molar-refractivity contribution >= 4 is 29.5 Å². The van der Waals surface area contributed by atoms with Crippen LogP contribution in [0.1, 0.15) is 155 Å². The minimum Gasteiger partial charge on any atom is -0.440 e. The summed E-state index contributed by atoms with van der Waals surface area (Å²) in [7, 11) is -0.218. The van der Waals surface area contributed by atoms with E-state index in [-0.39, 0.29) is 19.5 Å². The minimum atomic E-state index is -0.298. The first-order chi connectivity index (χ1) is 15.4. The fraction of sp³-hybridized carbons (Fsp3) is 1.00. The second-order valence-corrected chi connectivity index (χ2v) is 14.3. The van der Waals surface area contributed by atoms with Crippen molar-refractivity contribution in [3.8, 4) is 0 Å². The molecule has 0 aromatic heterocycles. The van der Waals surface area contributed by atoms with E-state index in [1.54, 1.807) is 0 Å².